The van der Waals surface area contributed by atoms with E-state index in [-0.39, 0.29) is 0 Å². The number of thiocarbonyl (C=S) groups is 1. The SMILES string of the molecule is CCc1ccc(NC(=S)N(CCCN2CCN(C)CC2)Cc2ccco2)cc1. The number of likely N-dealkylation sites (N-methyl/N-ethyl adjacent to an activating group) is 1. The topological polar surface area (TPSA) is 34.9 Å². The highest BCUT2D eigenvalue weighted by molar-refractivity contribution is 7.80. The Kier molecular flexibility index (Phi) is 7.89. The quantitative estimate of drug-likeness (QED) is 0.681. The van der Waals surface area contributed by atoms with E-state index in [4.69, 9.17) is 16.6 Å². The number of furan rings is 1. The van der Waals surface area contributed by atoms with Crippen LogP contribution in [0.1, 0.15) is 24.7 Å². The van der Waals surface area contributed by atoms with Gasteiger partial charge in [0, 0.05) is 38.4 Å². The molecule has 2 heterocycles. The fourth-order valence-electron chi connectivity index (χ4n) is 3.43. The first-order chi connectivity index (χ1) is 13.6. The Morgan fingerprint density at radius 2 is 1.89 bits per heavy atom. The summed E-state index contributed by atoms with van der Waals surface area (Å²) in [7, 11) is 2.19. The van der Waals surface area contributed by atoms with Crippen LogP contribution >= 0.6 is 12.2 Å². The molecule has 152 valence electrons. The number of nitrogens with zero attached hydrogens (tertiary/aromatic N) is 3. The molecule has 0 aliphatic carbocycles. The second-order valence-corrected chi connectivity index (χ2v) is 7.87. The van der Waals surface area contributed by atoms with Gasteiger partial charge in [-0.15, -0.1) is 0 Å². The van der Waals surface area contributed by atoms with Gasteiger partial charge in [0.1, 0.15) is 5.76 Å². The first-order valence-electron chi connectivity index (χ1n) is 10.2. The Bertz CT molecular complexity index is 709. The molecule has 2 aromatic rings. The van der Waals surface area contributed by atoms with E-state index in [1.165, 1.54) is 5.56 Å². The Balaban J connectivity index is 1.55. The van der Waals surface area contributed by atoms with Gasteiger partial charge in [0.25, 0.3) is 0 Å². The average Bonchev–Trinajstić information content (AvgIpc) is 3.22. The minimum absolute atomic E-state index is 0.689. The summed E-state index contributed by atoms with van der Waals surface area (Å²) in [5.74, 6) is 0.935. The number of hydrogen-bond donors (Lipinski definition) is 1. The Labute approximate surface area is 174 Å². The molecule has 0 amide bonds. The molecule has 1 N–H and O–H groups in total. The maximum absolute atomic E-state index is 5.73. The van der Waals surface area contributed by atoms with E-state index in [2.05, 4.69) is 58.3 Å². The summed E-state index contributed by atoms with van der Waals surface area (Å²) in [5.41, 5.74) is 2.36. The third-order valence-electron chi connectivity index (χ3n) is 5.33. The molecule has 28 heavy (non-hydrogen) atoms. The molecule has 0 unspecified atom stereocenters. The summed E-state index contributed by atoms with van der Waals surface area (Å²) in [5, 5.41) is 4.14. The molecule has 1 aromatic heterocycles. The number of hydrogen-bond acceptors (Lipinski definition) is 4. The molecule has 5 nitrogen and oxygen atoms in total. The Hall–Kier alpha value is -1.89. The predicted octanol–water partition coefficient (Wildman–Crippen LogP) is 3.68. The number of rotatable bonds is 8. The molecule has 6 heteroatoms. The lowest BCUT2D eigenvalue weighted by Gasteiger charge is -2.33. The van der Waals surface area contributed by atoms with Gasteiger partial charge in [0.15, 0.2) is 5.11 Å². The fraction of sp³-hybridized carbons (Fsp3) is 0.500. The number of aryl methyl sites for hydroxylation is 1. The molecule has 1 aromatic carbocycles. The number of benzene rings is 1. The van der Waals surface area contributed by atoms with Crippen molar-refractivity contribution in [2.45, 2.75) is 26.3 Å². The Morgan fingerprint density at radius 1 is 1.14 bits per heavy atom. The van der Waals surface area contributed by atoms with Crippen molar-refractivity contribution >= 4 is 23.0 Å². The van der Waals surface area contributed by atoms with Gasteiger partial charge in [-0.1, -0.05) is 19.1 Å². The van der Waals surface area contributed by atoms with Crippen molar-refractivity contribution in [1.82, 2.24) is 14.7 Å². The van der Waals surface area contributed by atoms with Gasteiger partial charge in [0.05, 0.1) is 12.8 Å². The van der Waals surface area contributed by atoms with Gasteiger partial charge in [-0.2, -0.15) is 0 Å². The van der Waals surface area contributed by atoms with Crippen molar-refractivity contribution in [2.75, 3.05) is 51.6 Å². The average molecular weight is 401 g/mol. The van der Waals surface area contributed by atoms with Crippen LogP contribution in [-0.4, -0.2) is 66.1 Å². The van der Waals surface area contributed by atoms with Crippen LogP contribution in [0.15, 0.2) is 47.1 Å². The zero-order chi connectivity index (χ0) is 19.8. The summed E-state index contributed by atoms with van der Waals surface area (Å²) in [6.07, 6.45) is 3.85. The van der Waals surface area contributed by atoms with E-state index in [1.54, 1.807) is 6.26 Å². The summed E-state index contributed by atoms with van der Waals surface area (Å²) in [4.78, 5) is 7.14. The van der Waals surface area contributed by atoms with Crippen molar-refractivity contribution < 1.29 is 4.42 Å². The summed E-state index contributed by atoms with van der Waals surface area (Å²) >= 11 is 5.73. The van der Waals surface area contributed by atoms with E-state index >= 15 is 0 Å². The first-order valence-corrected chi connectivity index (χ1v) is 10.6. The minimum atomic E-state index is 0.689. The molecular weight excluding hydrogens is 368 g/mol. The standard InChI is InChI=1S/C22H32N4OS/c1-3-19-7-9-20(10-8-19)23-22(28)26(18-21-6-4-17-27-21)12-5-11-25-15-13-24(2)14-16-25/h4,6-10,17H,3,5,11-16,18H2,1-2H3,(H,23,28). The van der Waals surface area contributed by atoms with E-state index in [1.807, 2.05) is 12.1 Å². The smallest absolute Gasteiger partial charge is 0.173 e. The van der Waals surface area contributed by atoms with Crippen LogP contribution in [-0.2, 0) is 13.0 Å². The van der Waals surface area contributed by atoms with Crippen LogP contribution in [0.5, 0.6) is 0 Å². The summed E-state index contributed by atoms with van der Waals surface area (Å²) in [6.45, 7) is 9.49. The lowest BCUT2D eigenvalue weighted by Crippen LogP contribution is -2.45. The molecule has 0 saturated carbocycles. The Morgan fingerprint density at radius 3 is 2.54 bits per heavy atom. The van der Waals surface area contributed by atoms with Crippen LogP contribution in [0, 0.1) is 0 Å². The number of anilines is 1. The fourth-order valence-corrected chi connectivity index (χ4v) is 3.70. The van der Waals surface area contributed by atoms with Crippen LogP contribution in [0.3, 0.4) is 0 Å². The monoisotopic (exact) mass is 400 g/mol. The van der Waals surface area contributed by atoms with Crippen LogP contribution in [0.2, 0.25) is 0 Å². The number of nitrogens with one attached hydrogen (secondary N) is 1. The molecule has 1 saturated heterocycles. The van der Waals surface area contributed by atoms with Crippen molar-refractivity contribution in [3.05, 3.63) is 54.0 Å². The van der Waals surface area contributed by atoms with Gasteiger partial charge in [-0.3, -0.25) is 0 Å². The van der Waals surface area contributed by atoms with E-state index in [0.717, 1.165) is 68.7 Å². The maximum Gasteiger partial charge on any atom is 0.173 e. The van der Waals surface area contributed by atoms with Gasteiger partial charge in [-0.05, 0) is 68.5 Å². The van der Waals surface area contributed by atoms with Gasteiger partial charge in [-0.25, -0.2) is 0 Å². The van der Waals surface area contributed by atoms with Gasteiger partial charge < -0.3 is 24.4 Å². The third kappa shape index (κ3) is 6.33. The zero-order valence-corrected chi connectivity index (χ0v) is 17.9. The molecule has 0 bridgehead atoms. The van der Waals surface area contributed by atoms with E-state index < -0.39 is 0 Å². The van der Waals surface area contributed by atoms with Crippen LogP contribution in [0.25, 0.3) is 0 Å². The second kappa shape index (κ2) is 10.6. The lowest BCUT2D eigenvalue weighted by molar-refractivity contribution is 0.149. The highest BCUT2D eigenvalue weighted by Crippen LogP contribution is 2.13. The van der Waals surface area contributed by atoms with Gasteiger partial charge in [0.2, 0.25) is 0 Å². The lowest BCUT2D eigenvalue weighted by atomic mass is 10.1. The van der Waals surface area contributed by atoms with Crippen LogP contribution in [0.4, 0.5) is 5.69 Å². The van der Waals surface area contributed by atoms with Crippen molar-refractivity contribution in [3.8, 4) is 0 Å². The molecule has 0 atom stereocenters. The second-order valence-electron chi connectivity index (χ2n) is 7.48. The highest BCUT2D eigenvalue weighted by Gasteiger charge is 2.16. The summed E-state index contributed by atoms with van der Waals surface area (Å²) < 4.78 is 5.56. The molecule has 1 fully saturated rings. The predicted molar refractivity (Wildman–Crippen MR) is 120 cm³/mol. The zero-order valence-electron chi connectivity index (χ0n) is 17.1. The normalized spacial score (nSPS) is 15.5. The maximum atomic E-state index is 5.73. The molecule has 1 aliphatic rings. The van der Waals surface area contributed by atoms with E-state index in [9.17, 15) is 0 Å². The molecule has 0 spiro atoms. The molecule has 0 radical (unpaired) electrons. The molecular formula is C22H32N4OS. The molecule has 3 rings (SSSR count). The van der Waals surface area contributed by atoms with E-state index in [0.29, 0.717) is 6.54 Å². The molecule has 1 aliphatic heterocycles. The minimum Gasteiger partial charge on any atom is -0.467 e. The number of piperazine rings is 1. The largest absolute Gasteiger partial charge is 0.467 e. The van der Waals surface area contributed by atoms with Crippen molar-refractivity contribution in [3.63, 3.8) is 0 Å². The highest BCUT2D eigenvalue weighted by atomic mass is 32.1. The summed E-state index contributed by atoms with van der Waals surface area (Å²) in [6, 6.07) is 12.4. The van der Waals surface area contributed by atoms with Crippen molar-refractivity contribution in [2.24, 2.45) is 0 Å². The van der Waals surface area contributed by atoms with Gasteiger partial charge >= 0.3 is 0 Å². The van der Waals surface area contributed by atoms with Crippen molar-refractivity contribution in [1.29, 1.82) is 0 Å². The third-order valence-corrected chi connectivity index (χ3v) is 5.69. The first kappa shape index (κ1) is 20.8. The van der Waals surface area contributed by atoms with Crippen LogP contribution < -0.4 is 5.32 Å².